The van der Waals surface area contributed by atoms with E-state index in [1.807, 2.05) is 6.92 Å². The molecule has 0 spiro atoms. The summed E-state index contributed by atoms with van der Waals surface area (Å²) < 4.78 is 21.3. The number of esters is 3. The van der Waals surface area contributed by atoms with Crippen molar-refractivity contribution in [2.45, 2.75) is 155 Å². The molecule has 0 aromatic carbocycles. The fraction of sp³-hybridized carbons (Fsp3) is 0.711. The zero-order chi connectivity index (χ0) is 42.7. The van der Waals surface area contributed by atoms with Crippen LogP contribution in [-0.4, -0.2) is 93.7 Å². The van der Waals surface area contributed by atoms with Gasteiger partial charge in [-0.1, -0.05) is 33.2 Å². The number of rotatable bonds is 40. The third kappa shape index (κ3) is 31.1. The molecule has 0 aliphatic carbocycles. The Hall–Kier alpha value is -3.61. The van der Waals surface area contributed by atoms with Crippen LogP contribution < -0.4 is 16.0 Å². The Morgan fingerprint density at radius 3 is 1.35 bits per heavy atom. The van der Waals surface area contributed by atoms with Crippen molar-refractivity contribution in [3.63, 3.8) is 0 Å². The normalized spacial score (nSPS) is 13.6. The summed E-state index contributed by atoms with van der Waals surface area (Å²) >= 11 is 0. The van der Waals surface area contributed by atoms with Crippen molar-refractivity contribution in [3.05, 3.63) is 50.3 Å². The first-order valence-electron chi connectivity index (χ1n) is 21.2. The molecule has 4 atom stereocenters. The van der Waals surface area contributed by atoms with E-state index in [1.54, 1.807) is 6.08 Å². The van der Waals surface area contributed by atoms with Gasteiger partial charge in [0.25, 0.3) is 0 Å². The molecule has 0 aromatic heterocycles. The van der Waals surface area contributed by atoms with Crippen molar-refractivity contribution in [2.24, 2.45) is 5.41 Å². The van der Waals surface area contributed by atoms with Gasteiger partial charge in [0.15, 0.2) is 0 Å². The molecule has 0 amide bonds. The Morgan fingerprint density at radius 2 is 0.965 bits per heavy atom. The maximum atomic E-state index is 13.1. The summed E-state index contributed by atoms with van der Waals surface area (Å²) in [6, 6.07) is 0.685. The fourth-order valence-corrected chi connectivity index (χ4v) is 6.12. The number of Topliss-reactive ketones (excluding diaryl/α,β-unsaturated/α-hetero) is 2. The summed E-state index contributed by atoms with van der Waals surface area (Å²) in [7, 11) is 0. The molecule has 0 heterocycles. The van der Waals surface area contributed by atoms with E-state index in [9.17, 15) is 24.0 Å². The topological polar surface area (TPSA) is 158 Å². The zero-order valence-corrected chi connectivity index (χ0v) is 35.9. The minimum Gasteiger partial charge on any atom is -0.494 e. The second kappa shape index (κ2) is 34.4. The average molecular weight is 804 g/mol. The molecule has 0 aliphatic rings. The quantitative estimate of drug-likeness (QED) is 0.0141. The first-order chi connectivity index (χ1) is 27.3. The molecule has 57 heavy (non-hydrogen) atoms. The monoisotopic (exact) mass is 804 g/mol. The molecule has 0 aliphatic heterocycles. The minimum absolute atomic E-state index is 0.133. The highest BCUT2D eigenvalue weighted by atomic mass is 16.5. The molecule has 0 saturated heterocycles. The second-order valence-electron chi connectivity index (χ2n) is 15.2. The van der Waals surface area contributed by atoms with Gasteiger partial charge in [0.1, 0.15) is 17.3 Å². The van der Waals surface area contributed by atoms with Crippen LogP contribution in [0.5, 0.6) is 0 Å². The van der Waals surface area contributed by atoms with Crippen LogP contribution in [0.15, 0.2) is 50.3 Å². The number of ketones is 2. The first-order valence-corrected chi connectivity index (χ1v) is 21.2. The van der Waals surface area contributed by atoms with E-state index in [1.165, 1.54) is 0 Å². The Balaban J connectivity index is 4.95. The van der Waals surface area contributed by atoms with Gasteiger partial charge in [-0.3, -0.25) is 14.4 Å². The number of hydrogen-bond donors (Lipinski definition) is 3. The van der Waals surface area contributed by atoms with Crippen LogP contribution in [0.3, 0.4) is 0 Å². The molecular formula is C45H77N3O9. The molecule has 12 nitrogen and oxygen atoms in total. The van der Waals surface area contributed by atoms with E-state index < -0.39 is 17.4 Å². The van der Waals surface area contributed by atoms with Gasteiger partial charge < -0.3 is 34.9 Å². The number of nitrogens with one attached hydrogen (secondary N) is 3. The number of unbranched alkanes of at least 4 members (excludes halogenated alkanes) is 3. The van der Waals surface area contributed by atoms with Crippen LogP contribution in [-0.2, 0) is 42.9 Å². The molecule has 0 bridgehead atoms. The van der Waals surface area contributed by atoms with Crippen molar-refractivity contribution < 1.29 is 42.9 Å². The molecule has 0 aromatic rings. The van der Waals surface area contributed by atoms with E-state index in [4.69, 9.17) is 18.9 Å². The van der Waals surface area contributed by atoms with Gasteiger partial charge in [-0.15, -0.1) is 0 Å². The van der Waals surface area contributed by atoms with Crippen molar-refractivity contribution in [1.29, 1.82) is 0 Å². The smallest absolute Gasteiger partial charge is 0.330 e. The maximum absolute atomic E-state index is 13.1. The highest BCUT2D eigenvalue weighted by molar-refractivity contribution is 5.81. The molecule has 3 N–H and O–H groups in total. The van der Waals surface area contributed by atoms with E-state index >= 15 is 0 Å². The van der Waals surface area contributed by atoms with E-state index in [0.717, 1.165) is 69.9 Å². The van der Waals surface area contributed by atoms with Gasteiger partial charge in [0, 0.05) is 81.0 Å². The fourth-order valence-electron chi connectivity index (χ4n) is 6.12. The summed E-state index contributed by atoms with van der Waals surface area (Å²) in [5, 5.41) is 10.2. The third-order valence-electron chi connectivity index (χ3n) is 10.2. The lowest BCUT2D eigenvalue weighted by molar-refractivity contribution is -0.148. The Morgan fingerprint density at radius 1 is 0.561 bits per heavy atom. The maximum Gasteiger partial charge on any atom is 0.330 e. The highest BCUT2D eigenvalue weighted by Crippen LogP contribution is 2.35. The van der Waals surface area contributed by atoms with Gasteiger partial charge in [-0.25, -0.2) is 9.59 Å². The summed E-state index contributed by atoms with van der Waals surface area (Å²) in [5.41, 5.74) is -0.480. The molecule has 0 radical (unpaired) electrons. The predicted molar refractivity (Wildman–Crippen MR) is 228 cm³/mol. The lowest BCUT2D eigenvalue weighted by atomic mass is 9.76. The van der Waals surface area contributed by atoms with Gasteiger partial charge >= 0.3 is 17.9 Å². The zero-order valence-electron chi connectivity index (χ0n) is 35.9. The predicted octanol–water partition coefficient (Wildman–Crippen LogP) is 7.41. The highest BCUT2D eigenvalue weighted by Gasteiger charge is 2.31. The van der Waals surface area contributed by atoms with Crippen molar-refractivity contribution in [2.75, 3.05) is 46.1 Å². The van der Waals surface area contributed by atoms with Crippen molar-refractivity contribution in [3.8, 4) is 0 Å². The molecule has 4 unspecified atom stereocenters. The molecular weight excluding hydrogens is 727 g/mol. The van der Waals surface area contributed by atoms with Gasteiger partial charge in [-0.05, 0) is 104 Å². The Bertz CT molecular complexity index is 1060. The summed E-state index contributed by atoms with van der Waals surface area (Å²) in [4.78, 5) is 61.3. The number of carbonyl (C=O) groups excluding carboxylic acids is 5. The molecule has 0 fully saturated rings. The van der Waals surface area contributed by atoms with Gasteiger partial charge in [-0.2, -0.15) is 0 Å². The lowest BCUT2D eigenvalue weighted by Gasteiger charge is -2.32. The molecule has 0 saturated carbocycles. The first kappa shape index (κ1) is 53.4. The molecule has 326 valence electrons. The van der Waals surface area contributed by atoms with Gasteiger partial charge in [0.2, 0.25) is 0 Å². The molecule has 0 rings (SSSR count). The summed E-state index contributed by atoms with van der Waals surface area (Å²) in [6.07, 6.45) is 15.4. The largest absolute Gasteiger partial charge is 0.494 e. The van der Waals surface area contributed by atoms with Crippen LogP contribution in [0.25, 0.3) is 0 Å². The summed E-state index contributed by atoms with van der Waals surface area (Å²) in [6.45, 7) is 25.6. The van der Waals surface area contributed by atoms with Crippen molar-refractivity contribution >= 4 is 29.5 Å². The van der Waals surface area contributed by atoms with E-state index in [-0.39, 0.29) is 48.7 Å². The van der Waals surface area contributed by atoms with Crippen LogP contribution in [0.1, 0.15) is 137 Å². The molecule has 12 heteroatoms. The van der Waals surface area contributed by atoms with Gasteiger partial charge in [0.05, 0.1) is 32.8 Å². The third-order valence-corrected chi connectivity index (χ3v) is 10.2. The summed E-state index contributed by atoms with van der Waals surface area (Å²) in [5.74, 6) is -0.279. The number of carbonyl (C=O) groups is 5. The van der Waals surface area contributed by atoms with Crippen LogP contribution >= 0.6 is 0 Å². The van der Waals surface area contributed by atoms with Crippen LogP contribution in [0.4, 0.5) is 0 Å². The van der Waals surface area contributed by atoms with Crippen molar-refractivity contribution in [1.82, 2.24) is 16.0 Å². The van der Waals surface area contributed by atoms with E-state index in [2.05, 4.69) is 63.0 Å². The lowest BCUT2D eigenvalue weighted by Crippen LogP contribution is -2.33. The van der Waals surface area contributed by atoms with E-state index in [0.29, 0.717) is 90.2 Å². The SMILES string of the molecule is C=CC(=C)OCCCCC(C)NCCC(=O)CCC(CC)(CCC(=O)CCNC(C)CCCCOC(=O)C=C)COC(=O)CCNC(C)CCCCOC(=O)C=C. The minimum atomic E-state index is -0.480. The average Bonchev–Trinajstić information content (AvgIpc) is 3.19. The Kier molecular flexibility index (Phi) is 32.3. The Labute approximate surface area is 344 Å². The number of allylic oxidation sites excluding steroid dienone is 1. The number of ether oxygens (including phenoxy) is 4. The second-order valence-corrected chi connectivity index (χ2v) is 15.2. The number of hydrogen-bond acceptors (Lipinski definition) is 12. The van der Waals surface area contributed by atoms with Crippen LogP contribution in [0, 0.1) is 5.41 Å². The standard InChI is InChI=1S/C45H77N3O9/c1-9-39(8)54-32-16-13-19-36(5)46-29-24-40(49)22-27-45(12-4,28-23-41(50)25-30-47-37(6)20-14-17-33-55-42(51)10-2)35-57-44(53)26-31-48-38(7)21-15-18-34-56-43(52)11-3/h9-11,36-38,46-48H,1-3,8,12-35H2,4-7H3. The van der Waals surface area contributed by atoms with Crippen LogP contribution in [0.2, 0.25) is 0 Å².